The van der Waals surface area contributed by atoms with Crippen LogP contribution in [0.1, 0.15) is 117 Å². The molecule has 2 atom stereocenters. The van der Waals surface area contributed by atoms with Gasteiger partial charge in [-0.15, -0.1) is 0 Å². The first-order chi connectivity index (χ1) is 13.7. The largest absolute Gasteiger partial charge is 0.394 e. The lowest BCUT2D eigenvalue weighted by Crippen LogP contribution is -2.45. The number of nitrogens with one attached hydrogen (secondary N) is 1. The van der Waals surface area contributed by atoms with E-state index in [0.29, 0.717) is 6.42 Å². The maximum Gasteiger partial charge on any atom is 0.220 e. The number of carbonyl (C=O) groups is 1. The molecule has 0 heterocycles. The molecule has 1 amide bonds. The van der Waals surface area contributed by atoms with Crippen LogP contribution in [0.4, 0.5) is 0 Å². The van der Waals surface area contributed by atoms with Gasteiger partial charge in [0.2, 0.25) is 5.91 Å². The molecule has 0 fully saturated rings. The number of carbonyl (C=O) groups excluding carboxylic acids is 1. The topological polar surface area (TPSA) is 69.6 Å². The normalized spacial score (nSPS) is 13.7. The van der Waals surface area contributed by atoms with Crippen molar-refractivity contribution in [1.82, 2.24) is 5.32 Å². The summed E-state index contributed by atoms with van der Waals surface area (Å²) in [6.45, 7) is 4.11. The van der Waals surface area contributed by atoms with Crippen molar-refractivity contribution in [3.63, 3.8) is 0 Å². The second kappa shape index (κ2) is 20.9. The van der Waals surface area contributed by atoms with Crippen LogP contribution in [0, 0.1) is 0 Å². The van der Waals surface area contributed by atoms with E-state index in [9.17, 15) is 15.0 Å². The van der Waals surface area contributed by atoms with Crippen LogP contribution in [-0.2, 0) is 4.79 Å². The van der Waals surface area contributed by atoms with E-state index in [2.05, 4.69) is 19.2 Å². The summed E-state index contributed by atoms with van der Waals surface area (Å²) in [6, 6.07) is -0.609. The Hall–Kier alpha value is -0.870. The van der Waals surface area contributed by atoms with Crippen LogP contribution in [0.3, 0.4) is 0 Å². The van der Waals surface area contributed by atoms with Gasteiger partial charge in [0, 0.05) is 6.42 Å². The molecule has 0 aliphatic rings. The monoisotopic (exact) mass is 397 g/mol. The summed E-state index contributed by atoms with van der Waals surface area (Å²) in [7, 11) is 0. The molecule has 1 unspecified atom stereocenters. The van der Waals surface area contributed by atoms with Gasteiger partial charge in [-0.1, -0.05) is 103 Å². The minimum Gasteiger partial charge on any atom is -0.394 e. The van der Waals surface area contributed by atoms with Gasteiger partial charge < -0.3 is 15.5 Å². The molecule has 28 heavy (non-hydrogen) atoms. The fraction of sp³-hybridized carbons (Fsp3) is 0.875. The number of aliphatic hydroxyl groups excluding tert-OH is 2. The first kappa shape index (κ1) is 27.1. The van der Waals surface area contributed by atoms with Gasteiger partial charge in [-0.2, -0.15) is 0 Å². The molecule has 0 spiro atoms. The van der Waals surface area contributed by atoms with Crippen molar-refractivity contribution in [3.05, 3.63) is 12.2 Å². The highest BCUT2D eigenvalue weighted by atomic mass is 16.3. The Labute approximate surface area is 174 Å². The van der Waals surface area contributed by atoms with Crippen molar-refractivity contribution in [2.24, 2.45) is 0 Å². The highest BCUT2D eigenvalue weighted by Gasteiger charge is 2.17. The molecule has 0 aromatic carbocycles. The molecule has 166 valence electrons. The highest BCUT2D eigenvalue weighted by Crippen LogP contribution is 2.12. The van der Waals surface area contributed by atoms with Crippen molar-refractivity contribution in [2.45, 2.75) is 129 Å². The van der Waals surface area contributed by atoms with Gasteiger partial charge in [-0.3, -0.25) is 4.79 Å². The van der Waals surface area contributed by atoms with E-state index in [1.54, 1.807) is 6.08 Å². The number of allylic oxidation sites excluding steroid dienone is 1. The highest BCUT2D eigenvalue weighted by molar-refractivity contribution is 5.76. The standard InChI is InChI=1S/C24H47NO3/c1-3-5-7-8-9-10-11-12-13-14-15-16-18-19-23(27)22(21-26)25-24(28)20-17-6-4-2/h18-19,22-23,26-27H,3-17,20-21H2,1-2H3,(H,25,28)/t22?,23-/m1/s1. The maximum atomic E-state index is 11.8. The smallest absolute Gasteiger partial charge is 0.220 e. The van der Waals surface area contributed by atoms with Crippen molar-refractivity contribution < 1.29 is 15.0 Å². The Bertz CT molecular complexity index is 371. The molecular weight excluding hydrogens is 350 g/mol. The third kappa shape index (κ3) is 17.2. The number of hydrogen-bond acceptors (Lipinski definition) is 3. The van der Waals surface area contributed by atoms with Crippen LogP contribution >= 0.6 is 0 Å². The molecule has 4 nitrogen and oxygen atoms in total. The Kier molecular flexibility index (Phi) is 20.2. The minimum absolute atomic E-state index is 0.0923. The number of unbranched alkanes of at least 4 members (excludes halogenated alkanes) is 13. The maximum absolute atomic E-state index is 11.8. The van der Waals surface area contributed by atoms with Crippen LogP contribution in [0.15, 0.2) is 12.2 Å². The quantitative estimate of drug-likeness (QED) is 0.183. The first-order valence-corrected chi connectivity index (χ1v) is 11.9. The summed E-state index contributed by atoms with van der Waals surface area (Å²) in [6.07, 6.45) is 21.8. The zero-order chi connectivity index (χ0) is 20.9. The summed E-state index contributed by atoms with van der Waals surface area (Å²) in [5.74, 6) is -0.0923. The molecule has 0 aromatic rings. The summed E-state index contributed by atoms with van der Waals surface area (Å²) in [5, 5.41) is 22.3. The Balaban J connectivity index is 3.66. The fourth-order valence-corrected chi connectivity index (χ4v) is 3.35. The van der Waals surface area contributed by atoms with E-state index in [1.165, 1.54) is 64.2 Å². The summed E-state index contributed by atoms with van der Waals surface area (Å²) in [4.78, 5) is 11.8. The number of hydrogen-bond donors (Lipinski definition) is 3. The molecular formula is C24H47NO3. The Morgan fingerprint density at radius 3 is 1.86 bits per heavy atom. The van der Waals surface area contributed by atoms with Gasteiger partial charge in [-0.25, -0.2) is 0 Å². The molecule has 0 aliphatic carbocycles. The van der Waals surface area contributed by atoms with Gasteiger partial charge in [0.05, 0.1) is 18.8 Å². The van der Waals surface area contributed by atoms with Crippen LogP contribution in [0.25, 0.3) is 0 Å². The number of aliphatic hydroxyl groups is 2. The number of amides is 1. The van der Waals surface area contributed by atoms with E-state index in [4.69, 9.17) is 0 Å². The zero-order valence-electron chi connectivity index (χ0n) is 18.6. The van der Waals surface area contributed by atoms with Crippen molar-refractivity contribution in [1.29, 1.82) is 0 Å². The molecule has 4 heteroatoms. The molecule has 0 saturated heterocycles. The van der Waals surface area contributed by atoms with Crippen molar-refractivity contribution in [2.75, 3.05) is 6.61 Å². The average molecular weight is 398 g/mol. The lowest BCUT2D eigenvalue weighted by molar-refractivity contribution is -0.123. The van der Waals surface area contributed by atoms with E-state index in [0.717, 1.165) is 32.1 Å². The minimum atomic E-state index is -0.826. The lowest BCUT2D eigenvalue weighted by Gasteiger charge is -2.19. The fourth-order valence-electron chi connectivity index (χ4n) is 3.35. The third-order valence-corrected chi connectivity index (χ3v) is 5.27. The second-order valence-corrected chi connectivity index (χ2v) is 8.06. The Morgan fingerprint density at radius 1 is 0.821 bits per heavy atom. The summed E-state index contributed by atoms with van der Waals surface area (Å²) < 4.78 is 0. The zero-order valence-corrected chi connectivity index (χ0v) is 18.6. The van der Waals surface area contributed by atoms with Gasteiger partial charge in [0.1, 0.15) is 0 Å². The lowest BCUT2D eigenvalue weighted by atomic mass is 10.0. The van der Waals surface area contributed by atoms with Crippen molar-refractivity contribution >= 4 is 5.91 Å². The molecule has 0 saturated carbocycles. The molecule has 0 rings (SSSR count). The van der Waals surface area contributed by atoms with Gasteiger partial charge >= 0.3 is 0 Å². The van der Waals surface area contributed by atoms with Gasteiger partial charge in [-0.05, 0) is 19.3 Å². The first-order valence-electron chi connectivity index (χ1n) is 11.9. The van der Waals surface area contributed by atoms with E-state index in [-0.39, 0.29) is 12.5 Å². The summed E-state index contributed by atoms with van der Waals surface area (Å²) in [5.41, 5.74) is 0. The third-order valence-electron chi connectivity index (χ3n) is 5.27. The van der Waals surface area contributed by atoms with Crippen molar-refractivity contribution in [3.8, 4) is 0 Å². The Morgan fingerprint density at radius 2 is 1.32 bits per heavy atom. The van der Waals surface area contributed by atoms with Crippen LogP contribution in [-0.4, -0.2) is 34.9 Å². The molecule has 0 bridgehead atoms. The van der Waals surface area contributed by atoms with Gasteiger partial charge in [0.15, 0.2) is 0 Å². The number of rotatable bonds is 20. The molecule has 0 aromatic heterocycles. The van der Waals surface area contributed by atoms with Crippen LogP contribution in [0.2, 0.25) is 0 Å². The SMILES string of the molecule is CCCCCCCCCCCCCC=C[C@@H](O)C(CO)NC(=O)CCCCC. The second-order valence-electron chi connectivity index (χ2n) is 8.06. The van der Waals surface area contributed by atoms with E-state index >= 15 is 0 Å². The molecule has 0 aliphatic heterocycles. The molecule has 3 N–H and O–H groups in total. The van der Waals surface area contributed by atoms with E-state index < -0.39 is 12.1 Å². The average Bonchev–Trinajstić information content (AvgIpc) is 2.69. The van der Waals surface area contributed by atoms with Crippen LogP contribution < -0.4 is 5.32 Å². The predicted octanol–water partition coefficient (Wildman–Crippen LogP) is 5.66. The summed E-state index contributed by atoms with van der Waals surface area (Å²) >= 11 is 0. The molecule has 0 radical (unpaired) electrons. The van der Waals surface area contributed by atoms with Crippen LogP contribution in [0.5, 0.6) is 0 Å². The predicted molar refractivity (Wildman–Crippen MR) is 119 cm³/mol. The van der Waals surface area contributed by atoms with Gasteiger partial charge in [0.25, 0.3) is 0 Å². The van der Waals surface area contributed by atoms with E-state index in [1.807, 2.05) is 6.08 Å².